The third kappa shape index (κ3) is 3.60. The summed E-state index contributed by atoms with van der Waals surface area (Å²) >= 11 is 0. The first-order valence-corrected chi connectivity index (χ1v) is 10.9. The Balaban J connectivity index is 1.68. The molecule has 4 rings (SSSR count). The fraction of sp³-hybridized carbons (Fsp3) is 0.429. The van der Waals surface area contributed by atoms with Gasteiger partial charge >= 0.3 is 0 Å². The van der Waals surface area contributed by atoms with Crippen molar-refractivity contribution in [2.24, 2.45) is 0 Å². The van der Waals surface area contributed by atoms with E-state index in [-0.39, 0.29) is 16.5 Å². The molecule has 144 valence electrons. The highest BCUT2D eigenvalue weighted by atomic mass is 32.2. The number of aryl methyl sites for hydroxylation is 1. The minimum absolute atomic E-state index is 0.0862. The molecule has 0 bridgehead atoms. The highest BCUT2D eigenvalue weighted by molar-refractivity contribution is 7.89. The second-order valence-corrected chi connectivity index (χ2v) is 9.39. The van der Waals surface area contributed by atoms with Crippen molar-refractivity contribution in [2.75, 3.05) is 0 Å². The Bertz CT molecular complexity index is 952. The Hall–Kier alpha value is -1.92. The van der Waals surface area contributed by atoms with E-state index >= 15 is 0 Å². The van der Waals surface area contributed by atoms with Crippen molar-refractivity contribution in [3.05, 3.63) is 59.4 Å². The summed E-state index contributed by atoms with van der Waals surface area (Å²) < 4.78 is 48.7. The Kier molecular flexibility index (Phi) is 4.72. The Morgan fingerprint density at radius 2 is 1.85 bits per heavy atom. The van der Waals surface area contributed by atoms with Gasteiger partial charge in [-0.05, 0) is 62.4 Å². The summed E-state index contributed by atoms with van der Waals surface area (Å²) in [5.74, 6) is 0.347. The third-order valence-corrected chi connectivity index (χ3v) is 7.17. The summed E-state index contributed by atoms with van der Waals surface area (Å²) in [4.78, 5) is 0.0862. The number of sulfonamides is 1. The van der Waals surface area contributed by atoms with Crippen LogP contribution in [-0.2, 0) is 10.0 Å². The first kappa shape index (κ1) is 18.4. The van der Waals surface area contributed by atoms with Crippen LogP contribution in [0.2, 0.25) is 0 Å². The molecule has 0 radical (unpaired) electrons. The highest BCUT2D eigenvalue weighted by Crippen LogP contribution is 2.46. The van der Waals surface area contributed by atoms with E-state index in [9.17, 15) is 12.8 Å². The largest absolute Gasteiger partial charge is 0.487 e. The van der Waals surface area contributed by atoms with Crippen molar-refractivity contribution < 1.29 is 17.5 Å². The zero-order valence-electron chi connectivity index (χ0n) is 15.4. The predicted octanol–water partition coefficient (Wildman–Crippen LogP) is 4.64. The molecule has 1 aliphatic carbocycles. The summed E-state index contributed by atoms with van der Waals surface area (Å²) in [7, 11) is -3.77. The van der Waals surface area contributed by atoms with E-state index in [0.29, 0.717) is 12.0 Å². The monoisotopic (exact) mass is 389 g/mol. The molecule has 1 saturated carbocycles. The number of halogens is 1. The van der Waals surface area contributed by atoms with E-state index < -0.39 is 15.8 Å². The van der Waals surface area contributed by atoms with Crippen molar-refractivity contribution >= 4 is 10.0 Å². The standard InChI is InChI=1S/C21H24FNO3S/c1-15-13-16(9-10-18(15)22)27(24,25)23-19-14-21(11-5-2-6-12-21)26-20-8-4-3-7-17(19)20/h3-4,7-10,13,19,23H,2,5-6,11-12,14H2,1H3/t19-/m1/s1. The fourth-order valence-corrected chi connectivity index (χ4v) is 5.57. The van der Waals surface area contributed by atoms with Gasteiger partial charge in [-0.25, -0.2) is 17.5 Å². The molecular weight excluding hydrogens is 365 g/mol. The van der Waals surface area contributed by atoms with E-state index in [4.69, 9.17) is 4.74 Å². The molecule has 0 unspecified atom stereocenters. The van der Waals surface area contributed by atoms with E-state index in [2.05, 4.69) is 4.72 Å². The molecule has 0 saturated heterocycles. The molecule has 0 amide bonds. The molecular formula is C21H24FNO3S. The zero-order chi connectivity index (χ0) is 19.1. The number of hydrogen-bond donors (Lipinski definition) is 1. The Labute approximate surface area is 159 Å². The predicted molar refractivity (Wildman–Crippen MR) is 102 cm³/mol. The number of benzene rings is 2. The van der Waals surface area contributed by atoms with Crippen LogP contribution in [0.4, 0.5) is 4.39 Å². The molecule has 1 atom stereocenters. The summed E-state index contributed by atoms with van der Waals surface area (Å²) in [6.07, 6.45) is 5.88. The van der Waals surface area contributed by atoms with Crippen LogP contribution >= 0.6 is 0 Å². The maximum absolute atomic E-state index is 13.5. The Morgan fingerprint density at radius 3 is 2.59 bits per heavy atom. The smallest absolute Gasteiger partial charge is 0.241 e. The van der Waals surface area contributed by atoms with Crippen LogP contribution < -0.4 is 9.46 Å². The lowest BCUT2D eigenvalue weighted by Crippen LogP contribution is -2.46. The van der Waals surface area contributed by atoms with E-state index in [1.807, 2.05) is 24.3 Å². The van der Waals surface area contributed by atoms with Crippen molar-refractivity contribution in [1.82, 2.24) is 4.72 Å². The molecule has 2 aromatic rings. The van der Waals surface area contributed by atoms with E-state index in [0.717, 1.165) is 37.0 Å². The summed E-state index contributed by atoms with van der Waals surface area (Å²) in [5, 5.41) is 0. The number of rotatable bonds is 3. The topological polar surface area (TPSA) is 55.4 Å². The molecule has 1 heterocycles. The summed E-state index contributed by atoms with van der Waals surface area (Å²) in [6, 6.07) is 11.2. The van der Waals surface area contributed by atoms with Gasteiger partial charge < -0.3 is 4.74 Å². The number of fused-ring (bicyclic) bond motifs is 1. The number of nitrogens with one attached hydrogen (secondary N) is 1. The third-order valence-electron chi connectivity index (χ3n) is 5.70. The van der Waals surface area contributed by atoms with Crippen LogP contribution in [0, 0.1) is 12.7 Å². The van der Waals surface area contributed by atoms with Crippen LogP contribution in [0.5, 0.6) is 5.75 Å². The second-order valence-electron chi connectivity index (χ2n) is 7.67. The van der Waals surface area contributed by atoms with E-state index in [1.54, 1.807) is 6.92 Å². The quantitative estimate of drug-likeness (QED) is 0.832. The van der Waals surface area contributed by atoms with Crippen LogP contribution in [0.3, 0.4) is 0 Å². The highest BCUT2D eigenvalue weighted by Gasteiger charge is 2.42. The lowest BCUT2D eigenvalue weighted by atomic mass is 9.77. The van der Waals surface area contributed by atoms with Crippen molar-refractivity contribution in [3.63, 3.8) is 0 Å². The molecule has 1 spiro atoms. The van der Waals surface area contributed by atoms with Crippen molar-refractivity contribution in [1.29, 1.82) is 0 Å². The molecule has 2 aromatic carbocycles. The van der Waals surface area contributed by atoms with Gasteiger partial charge in [-0.2, -0.15) is 0 Å². The average Bonchev–Trinajstić information content (AvgIpc) is 2.64. The van der Waals surface area contributed by atoms with Gasteiger partial charge in [0.2, 0.25) is 10.0 Å². The van der Waals surface area contributed by atoms with Gasteiger partial charge in [0, 0.05) is 12.0 Å². The summed E-state index contributed by atoms with van der Waals surface area (Å²) in [5.41, 5.74) is 0.864. The van der Waals surface area contributed by atoms with Crippen LogP contribution in [0.1, 0.15) is 55.7 Å². The maximum atomic E-state index is 13.5. The van der Waals surface area contributed by atoms with Gasteiger partial charge in [-0.3, -0.25) is 0 Å². The normalized spacial score (nSPS) is 21.5. The van der Waals surface area contributed by atoms with Gasteiger partial charge in [0.15, 0.2) is 0 Å². The SMILES string of the molecule is Cc1cc(S(=O)(=O)N[C@@H]2CC3(CCCCC3)Oc3ccccc32)ccc1F. The maximum Gasteiger partial charge on any atom is 0.241 e. The van der Waals surface area contributed by atoms with Gasteiger partial charge in [0.05, 0.1) is 10.9 Å². The Morgan fingerprint density at radius 1 is 1.11 bits per heavy atom. The van der Waals surface area contributed by atoms with Gasteiger partial charge in [0.25, 0.3) is 0 Å². The first-order valence-electron chi connectivity index (χ1n) is 9.45. The summed E-state index contributed by atoms with van der Waals surface area (Å²) in [6.45, 7) is 1.56. The zero-order valence-corrected chi connectivity index (χ0v) is 16.2. The molecule has 1 aliphatic heterocycles. The van der Waals surface area contributed by atoms with Gasteiger partial charge in [0.1, 0.15) is 17.2 Å². The van der Waals surface area contributed by atoms with E-state index in [1.165, 1.54) is 24.6 Å². The molecule has 1 fully saturated rings. The number of hydrogen-bond acceptors (Lipinski definition) is 3. The molecule has 4 nitrogen and oxygen atoms in total. The average molecular weight is 389 g/mol. The van der Waals surface area contributed by atoms with Crippen LogP contribution in [-0.4, -0.2) is 14.0 Å². The first-order chi connectivity index (χ1) is 12.9. The molecule has 0 aromatic heterocycles. The second kappa shape index (κ2) is 6.91. The number of para-hydroxylation sites is 1. The fourth-order valence-electron chi connectivity index (χ4n) is 4.27. The van der Waals surface area contributed by atoms with Crippen LogP contribution in [0.25, 0.3) is 0 Å². The lowest BCUT2D eigenvalue weighted by Gasteiger charge is -2.44. The van der Waals surface area contributed by atoms with Crippen LogP contribution in [0.15, 0.2) is 47.4 Å². The minimum atomic E-state index is -3.77. The lowest BCUT2D eigenvalue weighted by molar-refractivity contribution is 0.0000752. The molecule has 1 N–H and O–H groups in total. The van der Waals surface area contributed by atoms with Gasteiger partial charge in [-0.1, -0.05) is 24.6 Å². The molecule has 6 heteroatoms. The van der Waals surface area contributed by atoms with Crippen molar-refractivity contribution in [2.45, 2.75) is 62.0 Å². The van der Waals surface area contributed by atoms with Crippen molar-refractivity contribution in [3.8, 4) is 5.75 Å². The minimum Gasteiger partial charge on any atom is -0.487 e. The number of ether oxygens (including phenoxy) is 1. The molecule has 27 heavy (non-hydrogen) atoms. The van der Waals surface area contributed by atoms with Gasteiger partial charge in [-0.15, -0.1) is 0 Å². The molecule has 2 aliphatic rings.